The number of nitrogens with zero attached hydrogens (tertiary/aromatic N) is 3. The van der Waals surface area contributed by atoms with Crippen molar-refractivity contribution in [3.05, 3.63) is 48.5 Å². The van der Waals surface area contributed by atoms with E-state index in [2.05, 4.69) is 10.3 Å². The van der Waals surface area contributed by atoms with Crippen LogP contribution in [0.4, 0.5) is 0 Å². The largest absolute Gasteiger partial charge is 0.352 e. The molecule has 1 aromatic heterocycles. The van der Waals surface area contributed by atoms with Gasteiger partial charge in [-0.3, -0.25) is 9.59 Å². The Morgan fingerprint density at radius 3 is 2.76 bits per heavy atom. The van der Waals surface area contributed by atoms with Gasteiger partial charge in [0.15, 0.2) is 0 Å². The highest BCUT2D eigenvalue weighted by molar-refractivity contribution is 5.83. The molecule has 1 aliphatic carbocycles. The van der Waals surface area contributed by atoms with Crippen LogP contribution in [0.3, 0.4) is 0 Å². The molecule has 1 N–H and O–H groups in total. The van der Waals surface area contributed by atoms with E-state index in [0.29, 0.717) is 31.8 Å². The summed E-state index contributed by atoms with van der Waals surface area (Å²) in [7, 11) is 0. The maximum Gasteiger partial charge on any atom is 0.225 e. The number of benzene rings is 1. The average Bonchev–Trinajstić information content (AvgIpc) is 3.29. The average molecular weight is 395 g/mol. The third-order valence-electron chi connectivity index (χ3n) is 6.30. The van der Waals surface area contributed by atoms with Gasteiger partial charge in [0.2, 0.25) is 11.8 Å². The van der Waals surface area contributed by atoms with Crippen LogP contribution in [0.1, 0.15) is 50.5 Å². The first-order valence-corrected chi connectivity index (χ1v) is 10.8. The zero-order valence-electron chi connectivity index (χ0n) is 16.9. The second kappa shape index (κ2) is 9.25. The lowest BCUT2D eigenvalue weighted by atomic mass is 9.87. The Morgan fingerprint density at radius 2 is 1.97 bits per heavy atom. The van der Waals surface area contributed by atoms with E-state index in [1.807, 2.05) is 39.9 Å². The number of likely N-dealkylation sites (tertiary alicyclic amines) is 1. The summed E-state index contributed by atoms with van der Waals surface area (Å²) < 4.78 is 1.95. The number of carbonyl (C=O) groups excluding carboxylic acids is 2. The number of imidazole rings is 1. The predicted octanol–water partition coefficient (Wildman–Crippen LogP) is 3.31. The van der Waals surface area contributed by atoms with Crippen LogP contribution in [0.5, 0.6) is 0 Å². The molecule has 2 heterocycles. The molecule has 2 amide bonds. The standard InChI is InChI=1S/C23H30N4O2/c28-22-11-10-20(16-27(22)15-18-6-2-1-3-7-18)23(29)25-14-19-8-4-5-9-21(19)26-13-12-24-17-26/h4-5,8-9,12-13,17-18,20H,1-3,6-7,10-11,14-16H2,(H,25,29)/t20-/m1/s1. The highest BCUT2D eigenvalue weighted by Gasteiger charge is 2.31. The molecule has 6 nitrogen and oxygen atoms in total. The molecule has 154 valence electrons. The summed E-state index contributed by atoms with van der Waals surface area (Å²) in [4.78, 5) is 31.3. The molecule has 4 rings (SSSR count). The van der Waals surface area contributed by atoms with Gasteiger partial charge in [-0.05, 0) is 36.8 Å². The summed E-state index contributed by atoms with van der Waals surface area (Å²) in [6.45, 7) is 1.86. The SMILES string of the molecule is O=C(NCc1ccccc1-n1ccnc1)[C@@H]1CCC(=O)N(CC2CCCCC2)C1. The summed E-state index contributed by atoms with van der Waals surface area (Å²) in [6.07, 6.45) is 12.8. The third-order valence-corrected chi connectivity index (χ3v) is 6.30. The fourth-order valence-corrected chi connectivity index (χ4v) is 4.63. The van der Waals surface area contributed by atoms with Crippen LogP contribution >= 0.6 is 0 Å². The lowest BCUT2D eigenvalue weighted by Crippen LogP contribution is -2.47. The molecule has 6 heteroatoms. The molecule has 1 aromatic carbocycles. The molecule has 1 saturated carbocycles. The second-order valence-electron chi connectivity index (χ2n) is 8.35. The number of carbonyl (C=O) groups is 2. The normalized spacial score (nSPS) is 20.6. The van der Waals surface area contributed by atoms with E-state index >= 15 is 0 Å². The summed E-state index contributed by atoms with van der Waals surface area (Å²) in [5.41, 5.74) is 2.06. The van der Waals surface area contributed by atoms with Crippen molar-refractivity contribution in [3.63, 3.8) is 0 Å². The molecule has 0 radical (unpaired) electrons. The number of amides is 2. The summed E-state index contributed by atoms with van der Waals surface area (Å²) in [5, 5.41) is 3.10. The van der Waals surface area contributed by atoms with Crippen molar-refractivity contribution in [2.45, 2.75) is 51.5 Å². The maximum absolute atomic E-state index is 12.8. The molecule has 2 aliphatic rings. The van der Waals surface area contributed by atoms with Crippen molar-refractivity contribution >= 4 is 11.8 Å². The van der Waals surface area contributed by atoms with E-state index in [-0.39, 0.29) is 17.7 Å². The Morgan fingerprint density at radius 1 is 1.14 bits per heavy atom. The second-order valence-corrected chi connectivity index (χ2v) is 8.35. The van der Waals surface area contributed by atoms with E-state index < -0.39 is 0 Å². The van der Waals surface area contributed by atoms with Gasteiger partial charge in [-0.25, -0.2) is 4.98 Å². The molecule has 1 saturated heterocycles. The van der Waals surface area contributed by atoms with Crippen LogP contribution in [0.2, 0.25) is 0 Å². The molecule has 1 atom stereocenters. The smallest absolute Gasteiger partial charge is 0.225 e. The number of aromatic nitrogens is 2. The highest BCUT2D eigenvalue weighted by atomic mass is 16.2. The lowest BCUT2D eigenvalue weighted by molar-refractivity contribution is -0.139. The highest BCUT2D eigenvalue weighted by Crippen LogP contribution is 2.27. The van der Waals surface area contributed by atoms with Gasteiger partial charge in [-0.15, -0.1) is 0 Å². The van der Waals surface area contributed by atoms with Crippen molar-refractivity contribution in [3.8, 4) is 5.69 Å². The van der Waals surface area contributed by atoms with E-state index in [0.717, 1.165) is 17.8 Å². The minimum Gasteiger partial charge on any atom is -0.352 e. The number of rotatable bonds is 6. The van der Waals surface area contributed by atoms with Gasteiger partial charge in [0.05, 0.1) is 17.9 Å². The van der Waals surface area contributed by atoms with Crippen LogP contribution in [-0.4, -0.2) is 39.4 Å². The van der Waals surface area contributed by atoms with Crippen molar-refractivity contribution in [2.75, 3.05) is 13.1 Å². The van der Waals surface area contributed by atoms with E-state index in [1.165, 1.54) is 32.1 Å². The van der Waals surface area contributed by atoms with Crippen LogP contribution in [0, 0.1) is 11.8 Å². The molecule has 2 fully saturated rings. The van der Waals surface area contributed by atoms with Gasteiger partial charge in [0.1, 0.15) is 0 Å². The molecule has 0 bridgehead atoms. The van der Waals surface area contributed by atoms with Crippen molar-refractivity contribution in [1.29, 1.82) is 0 Å². The van der Waals surface area contributed by atoms with E-state index in [1.54, 1.807) is 12.5 Å². The minimum absolute atomic E-state index is 0.0478. The van der Waals surface area contributed by atoms with Gasteiger partial charge < -0.3 is 14.8 Å². The zero-order valence-corrected chi connectivity index (χ0v) is 16.9. The predicted molar refractivity (Wildman–Crippen MR) is 111 cm³/mol. The topological polar surface area (TPSA) is 67.2 Å². The van der Waals surface area contributed by atoms with Crippen LogP contribution < -0.4 is 5.32 Å². The molecular weight excluding hydrogens is 364 g/mol. The Bertz CT molecular complexity index is 827. The summed E-state index contributed by atoms with van der Waals surface area (Å²) >= 11 is 0. The number of hydrogen-bond acceptors (Lipinski definition) is 3. The Labute approximate surface area is 172 Å². The fraction of sp³-hybridized carbons (Fsp3) is 0.522. The van der Waals surface area contributed by atoms with Crippen LogP contribution in [0.15, 0.2) is 43.0 Å². The van der Waals surface area contributed by atoms with Gasteiger partial charge in [0, 0.05) is 38.4 Å². The molecule has 29 heavy (non-hydrogen) atoms. The third kappa shape index (κ3) is 4.86. The Balaban J connectivity index is 1.34. The molecular formula is C23H30N4O2. The van der Waals surface area contributed by atoms with Crippen molar-refractivity contribution < 1.29 is 9.59 Å². The number of hydrogen-bond donors (Lipinski definition) is 1. The Kier molecular flexibility index (Phi) is 6.27. The first kappa shape index (κ1) is 19.7. The number of piperidine rings is 1. The molecule has 1 aliphatic heterocycles. The fourth-order valence-electron chi connectivity index (χ4n) is 4.63. The maximum atomic E-state index is 12.8. The summed E-state index contributed by atoms with van der Waals surface area (Å²) in [6, 6.07) is 8.01. The molecule has 2 aromatic rings. The van der Waals surface area contributed by atoms with Crippen LogP contribution in [0.25, 0.3) is 5.69 Å². The quantitative estimate of drug-likeness (QED) is 0.817. The number of nitrogens with one attached hydrogen (secondary N) is 1. The first-order chi connectivity index (χ1) is 14.2. The van der Waals surface area contributed by atoms with Gasteiger partial charge in [0.25, 0.3) is 0 Å². The van der Waals surface area contributed by atoms with Gasteiger partial charge in [-0.2, -0.15) is 0 Å². The van der Waals surface area contributed by atoms with Crippen molar-refractivity contribution in [1.82, 2.24) is 19.8 Å². The van der Waals surface area contributed by atoms with Crippen molar-refractivity contribution in [2.24, 2.45) is 11.8 Å². The van der Waals surface area contributed by atoms with Gasteiger partial charge >= 0.3 is 0 Å². The molecule has 0 spiro atoms. The Hall–Kier alpha value is -2.63. The zero-order chi connectivity index (χ0) is 20.1. The first-order valence-electron chi connectivity index (χ1n) is 10.8. The lowest BCUT2D eigenvalue weighted by Gasteiger charge is -2.35. The van der Waals surface area contributed by atoms with E-state index in [4.69, 9.17) is 0 Å². The van der Waals surface area contributed by atoms with Gasteiger partial charge in [-0.1, -0.05) is 37.5 Å². The molecule has 0 unspecified atom stereocenters. The summed E-state index contributed by atoms with van der Waals surface area (Å²) in [5.74, 6) is 0.755. The minimum atomic E-state index is -0.114. The van der Waals surface area contributed by atoms with E-state index in [9.17, 15) is 9.59 Å². The monoisotopic (exact) mass is 394 g/mol. The number of para-hydroxylation sites is 1. The van der Waals surface area contributed by atoms with Crippen LogP contribution in [-0.2, 0) is 16.1 Å².